The number of aromatic nitrogens is 3. The van der Waals surface area contributed by atoms with Crippen LogP contribution in [-0.4, -0.2) is 45.7 Å². The summed E-state index contributed by atoms with van der Waals surface area (Å²) in [6.07, 6.45) is 7.69. The zero-order valence-electron chi connectivity index (χ0n) is 13.6. The maximum atomic E-state index is 12.1. The number of carbonyl (C=O) groups is 1. The highest BCUT2D eigenvalue weighted by Gasteiger charge is 2.34. The number of hydrogen-bond donors (Lipinski definition) is 1. The number of rotatable bonds is 5. The number of H-pyrrole nitrogens is 1. The Kier molecular flexibility index (Phi) is 4.19. The molecular formula is C18H22N4O2. The normalized spacial score (nSPS) is 18.6. The Hall–Kier alpha value is -2.37. The van der Waals surface area contributed by atoms with Crippen LogP contribution in [0.4, 0.5) is 0 Å². The lowest BCUT2D eigenvalue weighted by Crippen LogP contribution is -2.40. The van der Waals surface area contributed by atoms with E-state index in [1.807, 2.05) is 23.1 Å². The fraction of sp³-hybridized carbons (Fsp3) is 0.500. The maximum absolute atomic E-state index is 12.1. The number of hydrogen-bond acceptors (Lipinski definition) is 4. The molecule has 0 aromatic carbocycles. The van der Waals surface area contributed by atoms with Crippen LogP contribution in [0, 0.1) is 11.8 Å². The average Bonchev–Trinajstić information content (AvgIpc) is 3.34. The molecule has 126 valence electrons. The number of nitrogens with zero attached hydrogens (tertiary/aromatic N) is 3. The highest BCUT2D eigenvalue weighted by molar-refractivity contribution is 5.81. The highest BCUT2D eigenvalue weighted by Crippen LogP contribution is 2.32. The summed E-state index contributed by atoms with van der Waals surface area (Å²) in [6, 6.07) is 5.76. The van der Waals surface area contributed by atoms with Gasteiger partial charge in [-0.15, -0.1) is 0 Å². The molecule has 2 fully saturated rings. The van der Waals surface area contributed by atoms with Gasteiger partial charge in [-0.2, -0.15) is 5.10 Å². The number of aromatic amines is 1. The summed E-state index contributed by atoms with van der Waals surface area (Å²) >= 11 is 0. The van der Waals surface area contributed by atoms with Crippen LogP contribution < -0.4 is 4.74 Å². The van der Waals surface area contributed by atoms with E-state index in [9.17, 15) is 4.79 Å². The van der Waals surface area contributed by atoms with Crippen molar-refractivity contribution in [2.45, 2.75) is 25.7 Å². The highest BCUT2D eigenvalue weighted by atomic mass is 16.5. The zero-order valence-corrected chi connectivity index (χ0v) is 13.6. The predicted octanol–water partition coefficient (Wildman–Crippen LogP) is 2.50. The van der Waals surface area contributed by atoms with Crippen molar-refractivity contribution in [3.63, 3.8) is 0 Å². The lowest BCUT2D eigenvalue weighted by atomic mass is 9.97. The molecule has 6 heteroatoms. The number of amides is 1. The Morgan fingerprint density at radius 1 is 1.21 bits per heavy atom. The van der Waals surface area contributed by atoms with E-state index in [0.29, 0.717) is 24.3 Å². The second-order valence-corrected chi connectivity index (χ2v) is 6.70. The molecule has 0 spiro atoms. The molecule has 2 aromatic heterocycles. The summed E-state index contributed by atoms with van der Waals surface area (Å²) in [5.74, 6) is 2.00. The van der Waals surface area contributed by atoms with E-state index in [4.69, 9.17) is 4.74 Å². The van der Waals surface area contributed by atoms with Gasteiger partial charge < -0.3 is 9.64 Å². The van der Waals surface area contributed by atoms with Crippen molar-refractivity contribution >= 4 is 5.91 Å². The lowest BCUT2D eigenvalue weighted by Gasteiger charge is -2.32. The van der Waals surface area contributed by atoms with Gasteiger partial charge >= 0.3 is 0 Å². The molecule has 0 radical (unpaired) electrons. The number of likely N-dealkylation sites (tertiary alicyclic amines) is 1. The van der Waals surface area contributed by atoms with E-state index in [1.54, 1.807) is 12.4 Å². The fourth-order valence-electron chi connectivity index (χ4n) is 3.15. The lowest BCUT2D eigenvalue weighted by molar-refractivity contribution is -0.134. The summed E-state index contributed by atoms with van der Waals surface area (Å²) in [7, 11) is 0. The molecular weight excluding hydrogens is 304 g/mol. The molecule has 6 nitrogen and oxygen atoms in total. The second kappa shape index (κ2) is 6.63. The van der Waals surface area contributed by atoms with Crippen LogP contribution in [0.5, 0.6) is 5.75 Å². The van der Waals surface area contributed by atoms with Crippen molar-refractivity contribution in [1.82, 2.24) is 20.1 Å². The standard InChI is InChI=1S/C18H22N4O2/c23-18(14-1-2-14)22-9-6-13(7-10-22)12-24-15-3-4-16(19-11-15)17-5-8-20-21-17/h3-5,8,11,13-14H,1-2,6-7,9-10,12H2,(H,20,21). The summed E-state index contributed by atoms with van der Waals surface area (Å²) < 4.78 is 5.88. The van der Waals surface area contributed by atoms with Crippen LogP contribution in [-0.2, 0) is 4.79 Å². The van der Waals surface area contributed by atoms with Gasteiger partial charge in [0.05, 0.1) is 24.2 Å². The third-order valence-electron chi connectivity index (χ3n) is 4.85. The zero-order chi connectivity index (χ0) is 16.4. The number of nitrogens with one attached hydrogen (secondary N) is 1. The molecule has 0 unspecified atom stereocenters. The molecule has 2 aromatic rings. The first kappa shape index (κ1) is 15.2. The van der Waals surface area contributed by atoms with Crippen LogP contribution in [0.1, 0.15) is 25.7 Å². The molecule has 3 heterocycles. The number of carbonyl (C=O) groups excluding carboxylic acids is 1. The van der Waals surface area contributed by atoms with E-state index >= 15 is 0 Å². The van der Waals surface area contributed by atoms with Gasteiger partial charge in [0.15, 0.2) is 0 Å². The molecule has 24 heavy (non-hydrogen) atoms. The van der Waals surface area contributed by atoms with Gasteiger partial charge in [-0.05, 0) is 49.8 Å². The number of pyridine rings is 1. The molecule has 1 saturated heterocycles. The van der Waals surface area contributed by atoms with Crippen molar-refractivity contribution in [3.8, 4) is 17.1 Å². The Bertz CT molecular complexity index is 672. The molecule has 1 amide bonds. The molecule has 4 rings (SSSR count). The third kappa shape index (κ3) is 3.42. The fourth-order valence-corrected chi connectivity index (χ4v) is 3.15. The van der Waals surface area contributed by atoms with Gasteiger partial charge in [0.2, 0.25) is 5.91 Å². The van der Waals surface area contributed by atoms with Crippen LogP contribution >= 0.6 is 0 Å². The minimum atomic E-state index is 0.331. The Balaban J connectivity index is 1.24. The van der Waals surface area contributed by atoms with Gasteiger partial charge in [-0.3, -0.25) is 14.9 Å². The largest absolute Gasteiger partial charge is 0.492 e. The second-order valence-electron chi connectivity index (χ2n) is 6.70. The summed E-state index contributed by atoms with van der Waals surface area (Å²) in [6.45, 7) is 2.44. The average molecular weight is 326 g/mol. The van der Waals surface area contributed by atoms with E-state index in [-0.39, 0.29) is 0 Å². The first-order chi connectivity index (χ1) is 11.8. The Morgan fingerprint density at radius 2 is 2.04 bits per heavy atom. The van der Waals surface area contributed by atoms with Crippen molar-refractivity contribution in [2.24, 2.45) is 11.8 Å². The van der Waals surface area contributed by atoms with E-state index in [1.165, 1.54) is 0 Å². The molecule has 1 N–H and O–H groups in total. The molecule has 1 aliphatic carbocycles. The third-order valence-corrected chi connectivity index (χ3v) is 4.85. The number of piperidine rings is 1. The van der Waals surface area contributed by atoms with E-state index in [0.717, 1.165) is 55.9 Å². The van der Waals surface area contributed by atoms with Gasteiger partial charge in [-0.1, -0.05) is 0 Å². The predicted molar refractivity (Wildman–Crippen MR) is 89.3 cm³/mol. The van der Waals surface area contributed by atoms with Crippen LogP contribution in [0.15, 0.2) is 30.6 Å². The molecule has 1 aliphatic heterocycles. The topological polar surface area (TPSA) is 71.1 Å². The summed E-state index contributed by atoms with van der Waals surface area (Å²) in [5, 5.41) is 6.82. The van der Waals surface area contributed by atoms with E-state index < -0.39 is 0 Å². The van der Waals surface area contributed by atoms with E-state index in [2.05, 4.69) is 15.2 Å². The smallest absolute Gasteiger partial charge is 0.225 e. The van der Waals surface area contributed by atoms with Crippen molar-refractivity contribution < 1.29 is 9.53 Å². The van der Waals surface area contributed by atoms with Gasteiger partial charge in [0.1, 0.15) is 5.75 Å². The summed E-state index contributed by atoms with van der Waals surface area (Å²) in [4.78, 5) is 18.5. The van der Waals surface area contributed by atoms with Crippen LogP contribution in [0.3, 0.4) is 0 Å². The van der Waals surface area contributed by atoms with Crippen molar-refractivity contribution in [1.29, 1.82) is 0 Å². The first-order valence-corrected chi connectivity index (χ1v) is 8.67. The monoisotopic (exact) mass is 326 g/mol. The number of ether oxygens (including phenoxy) is 1. The van der Waals surface area contributed by atoms with Gasteiger partial charge in [0, 0.05) is 25.2 Å². The minimum absolute atomic E-state index is 0.331. The quantitative estimate of drug-likeness (QED) is 0.916. The molecule has 2 aliphatic rings. The Labute approximate surface area is 141 Å². The maximum Gasteiger partial charge on any atom is 0.225 e. The first-order valence-electron chi connectivity index (χ1n) is 8.67. The van der Waals surface area contributed by atoms with Crippen molar-refractivity contribution in [3.05, 3.63) is 30.6 Å². The Morgan fingerprint density at radius 3 is 2.67 bits per heavy atom. The molecule has 0 bridgehead atoms. The van der Waals surface area contributed by atoms with Gasteiger partial charge in [0.25, 0.3) is 0 Å². The summed E-state index contributed by atoms with van der Waals surface area (Å²) in [5.41, 5.74) is 1.75. The molecule has 1 saturated carbocycles. The molecule has 0 atom stereocenters. The van der Waals surface area contributed by atoms with Crippen molar-refractivity contribution in [2.75, 3.05) is 19.7 Å². The van der Waals surface area contributed by atoms with Gasteiger partial charge in [-0.25, -0.2) is 0 Å². The van der Waals surface area contributed by atoms with Crippen LogP contribution in [0.25, 0.3) is 11.4 Å². The SMILES string of the molecule is O=C(C1CC1)N1CCC(COc2ccc(-c3ccn[nH]3)nc2)CC1. The van der Waals surface area contributed by atoms with Crippen LogP contribution in [0.2, 0.25) is 0 Å². The minimum Gasteiger partial charge on any atom is -0.492 e.